The third kappa shape index (κ3) is 5.94. The zero-order valence-electron chi connectivity index (χ0n) is 40.6. The van der Waals surface area contributed by atoms with Crippen molar-refractivity contribution in [1.29, 1.82) is 0 Å². The van der Waals surface area contributed by atoms with Crippen LogP contribution >= 0.6 is 11.3 Å². The number of furan rings is 1. The molecular weight excluding hydrogens is 947 g/mol. The maximum Gasteiger partial charge on any atom is 0.164 e. The highest BCUT2D eigenvalue weighted by atomic mass is 32.1. The molecule has 76 heavy (non-hydrogen) atoms. The Morgan fingerprint density at radius 2 is 0.908 bits per heavy atom. The van der Waals surface area contributed by atoms with Crippen LogP contribution in [0.4, 0.5) is 0 Å². The van der Waals surface area contributed by atoms with Gasteiger partial charge in [0.1, 0.15) is 5.58 Å². The van der Waals surface area contributed by atoms with E-state index in [0.29, 0.717) is 17.5 Å². The third-order valence-corrected chi connectivity index (χ3v) is 16.8. The molecule has 0 aliphatic rings. The predicted octanol–water partition coefficient (Wildman–Crippen LogP) is 18.8. The smallest absolute Gasteiger partial charge is 0.164 e. The van der Waals surface area contributed by atoms with E-state index in [4.69, 9.17) is 19.4 Å². The van der Waals surface area contributed by atoms with Gasteiger partial charge in [-0.25, -0.2) is 15.0 Å². The molecule has 352 valence electrons. The molecule has 0 radical (unpaired) electrons. The number of rotatable bonds is 5. The quantitative estimate of drug-likeness (QED) is 0.172. The summed E-state index contributed by atoms with van der Waals surface area (Å²) in [5.41, 5.74) is 10.7. The van der Waals surface area contributed by atoms with E-state index in [9.17, 15) is 0 Å². The first-order valence-corrected chi connectivity index (χ1v) is 26.5. The molecule has 0 aliphatic carbocycles. The van der Waals surface area contributed by atoms with E-state index < -0.39 is 0 Å². The number of fused-ring (bicyclic) bond motifs is 16. The summed E-state index contributed by atoms with van der Waals surface area (Å²) >= 11 is 1.79. The summed E-state index contributed by atoms with van der Waals surface area (Å²) in [4.78, 5) is 16.9. The molecule has 0 saturated heterocycles. The van der Waals surface area contributed by atoms with E-state index >= 15 is 0 Å². The number of nitrogens with zero attached hydrogens (tertiary/aromatic N) is 5. The van der Waals surface area contributed by atoms with E-state index in [1.165, 1.54) is 47.1 Å². The van der Waals surface area contributed by atoms with Gasteiger partial charge in [0.2, 0.25) is 0 Å². The molecule has 5 heterocycles. The molecule has 17 rings (SSSR count). The highest BCUT2D eigenvalue weighted by Gasteiger charge is 2.26. The van der Waals surface area contributed by atoms with Crippen molar-refractivity contribution in [3.05, 3.63) is 237 Å². The van der Waals surface area contributed by atoms with Gasteiger partial charge >= 0.3 is 0 Å². The van der Waals surface area contributed by atoms with Crippen LogP contribution in [0.5, 0.6) is 0 Å². The Bertz CT molecular complexity index is 5310. The zero-order chi connectivity index (χ0) is 49.6. The van der Waals surface area contributed by atoms with Crippen molar-refractivity contribution in [2.24, 2.45) is 0 Å². The van der Waals surface area contributed by atoms with Crippen LogP contribution in [0.25, 0.3) is 164 Å². The van der Waals surface area contributed by atoms with Gasteiger partial charge in [-0.1, -0.05) is 164 Å². The summed E-state index contributed by atoms with van der Waals surface area (Å²) in [6.07, 6.45) is 0. The molecular formula is C69H39N5OS. The molecule has 0 saturated carbocycles. The topological polar surface area (TPSA) is 61.7 Å². The van der Waals surface area contributed by atoms with Gasteiger partial charge in [-0.05, 0) is 99.7 Å². The lowest BCUT2D eigenvalue weighted by atomic mass is 10.0. The first-order chi connectivity index (χ1) is 37.7. The summed E-state index contributed by atoms with van der Waals surface area (Å²) in [6.45, 7) is 0. The van der Waals surface area contributed by atoms with Crippen molar-refractivity contribution in [1.82, 2.24) is 24.1 Å². The zero-order valence-corrected chi connectivity index (χ0v) is 41.4. The van der Waals surface area contributed by atoms with Gasteiger partial charge in [-0.15, -0.1) is 11.3 Å². The maximum absolute atomic E-state index is 7.36. The molecule has 0 unspecified atom stereocenters. The van der Waals surface area contributed by atoms with Gasteiger partial charge in [-0.2, -0.15) is 0 Å². The van der Waals surface area contributed by atoms with E-state index in [1.807, 2.05) is 0 Å². The van der Waals surface area contributed by atoms with Crippen molar-refractivity contribution in [2.75, 3.05) is 0 Å². The minimum absolute atomic E-state index is 0.561. The number of para-hydroxylation sites is 2. The minimum atomic E-state index is 0.561. The first kappa shape index (κ1) is 41.5. The van der Waals surface area contributed by atoms with E-state index in [-0.39, 0.29) is 0 Å². The Hall–Kier alpha value is -9.95. The number of benzene rings is 12. The van der Waals surface area contributed by atoms with Crippen LogP contribution in [-0.4, -0.2) is 24.1 Å². The van der Waals surface area contributed by atoms with E-state index in [0.717, 1.165) is 99.0 Å². The molecule has 0 spiro atoms. The highest BCUT2D eigenvalue weighted by Crippen LogP contribution is 2.47. The van der Waals surface area contributed by atoms with Gasteiger partial charge < -0.3 is 13.6 Å². The highest BCUT2D eigenvalue weighted by molar-refractivity contribution is 7.25. The van der Waals surface area contributed by atoms with E-state index in [1.54, 1.807) is 11.3 Å². The summed E-state index contributed by atoms with van der Waals surface area (Å²) in [6, 6.07) is 84.9. The minimum Gasteiger partial charge on any atom is -0.454 e. The van der Waals surface area contributed by atoms with Crippen molar-refractivity contribution in [3.63, 3.8) is 0 Å². The maximum atomic E-state index is 7.36. The summed E-state index contributed by atoms with van der Waals surface area (Å²) < 4.78 is 14.5. The van der Waals surface area contributed by atoms with Crippen LogP contribution in [0.2, 0.25) is 0 Å². The molecule has 6 nitrogen and oxygen atoms in total. The lowest BCUT2D eigenvalue weighted by molar-refractivity contribution is 0.667. The molecule has 7 heteroatoms. The lowest BCUT2D eigenvalue weighted by Crippen LogP contribution is -2.02. The Kier molecular flexibility index (Phi) is 8.62. The Morgan fingerprint density at radius 3 is 1.68 bits per heavy atom. The lowest BCUT2D eigenvalue weighted by Gasteiger charge is -2.14. The van der Waals surface area contributed by atoms with Crippen molar-refractivity contribution >= 4 is 129 Å². The summed E-state index contributed by atoms with van der Waals surface area (Å²) in [5.74, 6) is 1.76. The molecule has 5 aromatic heterocycles. The summed E-state index contributed by atoms with van der Waals surface area (Å²) in [5, 5.41) is 15.8. The normalized spacial score (nSPS) is 12.2. The summed E-state index contributed by atoms with van der Waals surface area (Å²) in [7, 11) is 0. The van der Waals surface area contributed by atoms with Gasteiger partial charge in [0.25, 0.3) is 0 Å². The Morgan fingerprint density at radius 1 is 0.329 bits per heavy atom. The second-order valence-corrected chi connectivity index (χ2v) is 20.9. The van der Waals surface area contributed by atoms with Crippen LogP contribution in [0.3, 0.4) is 0 Å². The molecule has 0 N–H and O–H groups in total. The fraction of sp³-hybridized carbons (Fsp3) is 0. The van der Waals surface area contributed by atoms with Crippen molar-refractivity contribution < 1.29 is 4.42 Å². The number of hydrogen-bond donors (Lipinski definition) is 0. The van der Waals surface area contributed by atoms with Gasteiger partial charge in [0.15, 0.2) is 23.1 Å². The van der Waals surface area contributed by atoms with E-state index in [2.05, 4.69) is 246 Å². The molecule has 12 aromatic carbocycles. The van der Waals surface area contributed by atoms with Crippen molar-refractivity contribution in [2.45, 2.75) is 0 Å². The second-order valence-electron chi connectivity index (χ2n) is 19.8. The Balaban J connectivity index is 1.01. The fourth-order valence-electron chi connectivity index (χ4n) is 12.4. The average molecular weight is 986 g/mol. The molecule has 17 aromatic rings. The van der Waals surface area contributed by atoms with Crippen LogP contribution in [0.15, 0.2) is 241 Å². The van der Waals surface area contributed by atoms with Gasteiger partial charge in [0.05, 0.1) is 27.8 Å². The number of aromatic nitrogens is 5. The molecule has 0 atom stereocenters. The van der Waals surface area contributed by atoms with Crippen LogP contribution in [-0.2, 0) is 0 Å². The molecule has 0 fully saturated rings. The molecule has 0 aliphatic heterocycles. The monoisotopic (exact) mass is 985 g/mol. The van der Waals surface area contributed by atoms with Crippen LogP contribution < -0.4 is 0 Å². The standard InChI is InChI=1S/C69H39N5OS/c1-2-21-45(22-3-1)73-55-28-12-10-24-48(55)62-50(26-14-29-56(62)73)67-70-68(51-27-15-31-61-63(51)49-25-11-13-30-60(49)76-61)72-69(71-67)52-34-35-57(66-64(52)54-37-42-18-5-7-20-44(42)39-59(54)75-66)74-58-38-43-19-6-4-17-41(43)36-53(58)47-33-32-40-16-8-9-23-46(40)65(47)74/h1-39H. The second kappa shape index (κ2) is 15.8. The number of thiophene rings is 1. The van der Waals surface area contributed by atoms with Crippen LogP contribution in [0.1, 0.15) is 0 Å². The predicted molar refractivity (Wildman–Crippen MR) is 317 cm³/mol. The Labute approximate surface area is 437 Å². The average Bonchev–Trinajstić information content (AvgIpc) is 4.37. The van der Waals surface area contributed by atoms with Gasteiger partial charge in [0, 0.05) is 80.3 Å². The number of hydrogen-bond acceptors (Lipinski definition) is 5. The largest absolute Gasteiger partial charge is 0.454 e. The van der Waals surface area contributed by atoms with Crippen molar-refractivity contribution in [3.8, 4) is 45.5 Å². The first-order valence-electron chi connectivity index (χ1n) is 25.7. The van der Waals surface area contributed by atoms with Crippen LogP contribution in [0, 0.1) is 0 Å². The molecule has 0 amide bonds. The van der Waals surface area contributed by atoms with Gasteiger partial charge in [-0.3, -0.25) is 0 Å². The molecule has 0 bridgehead atoms. The SMILES string of the molecule is c1ccc(-n2c3ccccc3c3c(-c4nc(-c5cccc6sc7ccccc7c56)nc(-c5ccc(-n6c7cc8ccccc8cc7c7ccc8ccccc8c76)c6oc7cc8ccccc8cc7c56)n4)cccc32)cc1. The third-order valence-electron chi connectivity index (χ3n) is 15.7. The fourth-order valence-corrected chi connectivity index (χ4v) is 13.5.